The number of aromatic nitrogens is 7. The van der Waals surface area contributed by atoms with E-state index in [9.17, 15) is 15.2 Å². The molecular formula is C33H43N11O4S. The van der Waals surface area contributed by atoms with Crippen molar-refractivity contribution in [1.29, 1.82) is 5.26 Å². The molecule has 1 fully saturated rings. The molecule has 16 heteroatoms. The molecule has 0 saturated carbocycles. The number of carboxylic acids is 1. The number of nitrogen functional groups attached to an aromatic ring is 1. The summed E-state index contributed by atoms with van der Waals surface area (Å²) < 4.78 is 13.0. The Balaban J connectivity index is 1.04. The van der Waals surface area contributed by atoms with E-state index in [0.29, 0.717) is 46.4 Å². The monoisotopic (exact) mass is 689 g/mol. The fraction of sp³-hybridized carbons (Fsp3) is 0.576. The second kappa shape index (κ2) is 14.5. The molecular weight excluding hydrogens is 647 g/mol. The molecule has 4 aromatic rings. The number of hydrogen-bond donors (Lipinski definition) is 2. The number of aliphatic carboxylic acids is 1. The van der Waals surface area contributed by atoms with Gasteiger partial charge < -0.3 is 29.9 Å². The number of hydrogen-bond acceptors (Lipinski definition) is 14. The summed E-state index contributed by atoms with van der Waals surface area (Å²) in [5.41, 5.74) is 7.63. The van der Waals surface area contributed by atoms with E-state index in [1.807, 2.05) is 13.8 Å². The first kappa shape index (κ1) is 34.3. The minimum Gasteiger partial charge on any atom is -0.480 e. The van der Waals surface area contributed by atoms with Gasteiger partial charge in [0.05, 0.1) is 23.8 Å². The van der Waals surface area contributed by atoms with Gasteiger partial charge in [-0.25, -0.2) is 19.4 Å². The van der Waals surface area contributed by atoms with E-state index in [2.05, 4.69) is 50.2 Å². The summed E-state index contributed by atoms with van der Waals surface area (Å²) in [4.78, 5) is 31.7. The predicted molar refractivity (Wildman–Crippen MR) is 182 cm³/mol. The number of rotatable bonds is 12. The van der Waals surface area contributed by atoms with Crippen molar-refractivity contribution in [2.24, 2.45) is 5.92 Å². The predicted octanol–water partition coefficient (Wildman–Crippen LogP) is 4.32. The van der Waals surface area contributed by atoms with Crippen LogP contribution in [0.25, 0.3) is 11.5 Å². The molecule has 15 nitrogen and oxygen atoms in total. The number of ether oxygens (including phenoxy) is 1. The van der Waals surface area contributed by atoms with E-state index in [-0.39, 0.29) is 12.0 Å². The Morgan fingerprint density at radius 2 is 2.12 bits per heavy atom. The number of thiophene rings is 1. The largest absolute Gasteiger partial charge is 0.480 e. The lowest BCUT2D eigenvalue weighted by Gasteiger charge is -2.30. The summed E-state index contributed by atoms with van der Waals surface area (Å²) in [6.07, 6.45) is 8.66. The molecule has 0 aromatic carbocycles. The van der Waals surface area contributed by atoms with Gasteiger partial charge in [-0.3, -0.25) is 0 Å². The van der Waals surface area contributed by atoms with Crippen molar-refractivity contribution in [2.45, 2.75) is 83.7 Å². The minimum absolute atomic E-state index is 0.125. The second-order valence-electron chi connectivity index (χ2n) is 13.4. The molecule has 0 unspecified atom stereocenters. The Kier molecular flexibility index (Phi) is 10.1. The van der Waals surface area contributed by atoms with Crippen LogP contribution in [0.15, 0.2) is 23.0 Å². The number of anilines is 2. The highest BCUT2D eigenvalue weighted by atomic mass is 32.1. The van der Waals surface area contributed by atoms with E-state index in [4.69, 9.17) is 25.0 Å². The molecule has 49 heavy (non-hydrogen) atoms. The highest BCUT2D eigenvalue weighted by Gasteiger charge is 2.43. The number of fused-ring (bicyclic) bond motifs is 1. The highest BCUT2D eigenvalue weighted by molar-refractivity contribution is 7.16. The van der Waals surface area contributed by atoms with Crippen molar-refractivity contribution >= 4 is 28.3 Å². The van der Waals surface area contributed by atoms with Crippen LogP contribution >= 0.6 is 11.3 Å². The fourth-order valence-corrected chi connectivity index (χ4v) is 8.19. The van der Waals surface area contributed by atoms with Gasteiger partial charge in [0.25, 0.3) is 5.88 Å². The van der Waals surface area contributed by atoms with Crippen molar-refractivity contribution in [2.75, 3.05) is 43.4 Å². The number of nitrogens with two attached hydrogens (primary N) is 1. The third-order valence-electron chi connectivity index (χ3n) is 9.48. The lowest BCUT2D eigenvalue weighted by atomic mass is 9.72. The van der Waals surface area contributed by atoms with Crippen molar-refractivity contribution in [3.05, 3.63) is 40.4 Å². The summed E-state index contributed by atoms with van der Waals surface area (Å²) >= 11 is 1.48. The van der Waals surface area contributed by atoms with Gasteiger partial charge in [-0.05, 0) is 77.4 Å². The minimum atomic E-state index is -0.943. The molecule has 5 heterocycles. The maximum atomic E-state index is 11.6. The van der Waals surface area contributed by atoms with E-state index in [0.717, 1.165) is 75.1 Å². The standard InChI is InChI=1S/C33H43N11O4S/c1-20(2)27(30(45)46)44-19-25(39-41-44)47-16-6-5-13-42-14-8-15-43(21(3)18-42)32-36-12-10-23(37-32)29-38-31(48-40-29)33(4)11-7-9-24-26(33)22(17-34)28(35)49-24/h10,12,19-21,27H,5-9,11,13-16,18,35H2,1-4H3,(H,45,46)/t21-,27-,33-/m0/s1. The Labute approximate surface area is 289 Å². The SMILES string of the molecule is CC(C)[C@@H](C(=O)O)n1cc(OCCCCN2CCCN(c3nccc(-c4noc([C@@]5(C)CCCc6sc(N)c(C#N)c65)n4)n3)[C@@H](C)C2)nn1. The summed E-state index contributed by atoms with van der Waals surface area (Å²) in [6, 6.07) is 3.49. The zero-order valence-electron chi connectivity index (χ0n) is 28.4. The highest BCUT2D eigenvalue weighted by Crippen LogP contribution is 2.48. The Bertz CT molecular complexity index is 1810. The van der Waals surface area contributed by atoms with Crippen LogP contribution in [-0.2, 0) is 16.6 Å². The van der Waals surface area contributed by atoms with Gasteiger partial charge in [-0.2, -0.15) is 10.2 Å². The number of unbranched alkanes of at least 4 members (excludes halogenated alkanes) is 1. The van der Waals surface area contributed by atoms with Crippen LogP contribution in [-0.4, -0.2) is 89.9 Å². The van der Waals surface area contributed by atoms with Crippen LogP contribution in [0.1, 0.15) is 87.7 Å². The quantitative estimate of drug-likeness (QED) is 0.199. The first-order chi connectivity index (χ1) is 23.6. The maximum absolute atomic E-state index is 11.6. The number of aryl methyl sites for hydroxylation is 1. The van der Waals surface area contributed by atoms with Crippen molar-refractivity contribution in [3.63, 3.8) is 0 Å². The smallest absolute Gasteiger partial charge is 0.328 e. The molecule has 0 bridgehead atoms. The Hall–Kier alpha value is -4.62. The van der Waals surface area contributed by atoms with Crippen LogP contribution in [0.3, 0.4) is 0 Å². The topological polar surface area (TPSA) is 198 Å². The summed E-state index contributed by atoms with van der Waals surface area (Å²) in [6.45, 7) is 12.0. The van der Waals surface area contributed by atoms with Crippen LogP contribution in [0.2, 0.25) is 0 Å². The zero-order chi connectivity index (χ0) is 34.7. The van der Waals surface area contributed by atoms with Crippen LogP contribution in [0, 0.1) is 17.2 Å². The molecule has 3 N–H and O–H groups in total. The van der Waals surface area contributed by atoms with Gasteiger partial charge in [0, 0.05) is 35.8 Å². The van der Waals surface area contributed by atoms with Crippen molar-refractivity contribution in [1.82, 2.24) is 40.0 Å². The van der Waals surface area contributed by atoms with Gasteiger partial charge in [0.2, 0.25) is 17.7 Å². The average molecular weight is 690 g/mol. The van der Waals surface area contributed by atoms with Gasteiger partial charge in [-0.15, -0.1) is 11.3 Å². The zero-order valence-corrected chi connectivity index (χ0v) is 29.2. The molecule has 2 aliphatic rings. The first-order valence-electron chi connectivity index (χ1n) is 16.8. The third-order valence-corrected chi connectivity index (χ3v) is 10.6. The molecule has 3 atom stereocenters. The van der Waals surface area contributed by atoms with Crippen LogP contribution in [0.4, 0.5) is 10.9 Å². The molecule has 6 rings (SSSR count). The second-order valence-corrected chi connectivity index (χ2v) is 14.6. The molecule has 0 spiro atoms. The molecule has 0 radical (unpaired) electrons. The van der Waals surface area contributed by atoms with Gasteiger partial charge >= 0.3 is 5.97 Å². The van der Waals surface area contributed by atoms with Gasteiger partial charge in [0.15, 0.2) is 6.04 Å². The lowest BCUT2D eigenvalue weighted by Crippen LogP contribution is -2.40. The van der Waals surface area contributed by atoms with Crippen LogP contribution in [0.5, 0.6) is 5.88 Å². The average Bonchev–Trinajstić information content (AvgIpc) is 3.79. The number of nitrogens with zero attached hydrogens (tertiary/aromatic N) is 10. The van der Waals surface area contributed by atoms with Gasteiger partial charge in [0.1, 0.15) is 16.8 Å². The Morgan fingerprint density at radius 3 is 2.90 bits per heavy atom. The molecule has 0 amide bonds. The van der Waals surface area contributed by atoms with E-state index < -0.39 is 17.4 Å². The molecule has 4 aromatic heterocycles. The van der Waals surface area contributed by atoms with Gasteiger partial charge in [-0.1, -0.05) is 29.3 Å². The van der Waals surface area contributed by atoms with Crippen molar-refractivity contribution < 1.29 is 19.2 Å². The summed E-state index contributed by atoms with van der Waals surface area (Å²) in [7, 11) is 0. The number of nitriles is 1. The van der Waals surface area contributed by atoms with Crippen molar-refractivity contribution in [3.8, 4) is 23.5 Å². The summed E-state index contributed by atoms with van der Waals surface area (Å²) in [5.74, 6) is 0.756. The molecule has 260 valence electrons. The Morgan fingerprint density at radius 1 is 1.29 bits per heavy atom. The normalized spacial score (nSPS) is 20.5. The third kappa shape index (κ3) is 7.09. The molecule has 1 aliphatic heterocycles. The molecule has 1 aliphatic carbocycles. The van der Waals surface area contributed by atoms with E-state index in [1.54, 1.807) is 18.5 Å². The maximum Gasteiger partial charge on any atom is 0.328 e. The lowest BCUT2D eigenvalue weighted by molar-refractivity contribution is -0.142. The number of carboxylic acid groups (broad SMARTS) is 1. The summed E-state index contributed by atoms with van der Waals surface area (Å²) in [5, 5.41) is 32.1. The fourth-order valence-electron chi connectivity index (χ4n) is 7.00. The van der Waals surface area contributed by atoms with E-state index in [1.165, 1.54) is 16.0 Å². The first-order valence-corrected chi connectivity index (χ1v) is 17.7. The molecule has 1 saturated heterocycles. The number of carbonyl (C=O) groups is 1. The van der Waals surface area contributed by atoms with Crippen LogP contribution < -0.4 is 15.4 Å². The van der Waals surface area contributed by atoms with E-state index >= 15 is 0 Å².